The zero-order chi connectivity index (χ0) is 19.4. The molecule has 4 unspecified atom stereocenters. The van der Waals surface area contributed by atoms with Gasteiger partial charge in [-0.05, 0) is 42.3 Å². The molecule has 1 saturated carbocycles. The molecule has 146 valence electrons. The highest BCUT2D eigenvalue weighted by Gasteiger charge is 2.41. The van der Waals surface area contributed by atoms with E-state index in [0.717, 1.165) is 11.8 Å². The summed E-state index contributed by atoms with van der Waals surface area (Å²) in [5.41, 5.74) is 1.00. The van der Waals surface area contributed by atoms with Crippen LogP contribution in [0.1, 0.15) is 12.0 Å². The van der Waals surface area contributed by atoms with Gasteiger partial charge >= 0.3 is 0 Å². The van der Waals surface area contributed by atoms with Crippen molar-refractivity contribution in [3.8, 4) is 5.75 Å². The summed E-state index contributed by atoms with van der Waals surface area (Å²) in [5, 5.41) is 23.8. The molecule has 1 aromatic heterocycles. The average Bonchev–Trinajstić information content (AvgIpc) is 2.93. The summed E-state index contributed by atoms with van der Waals surface area (Å²) in [6.07, 6.45) is 3.43. The predicted molar refractivity (Wildman–Crippen MR) is 100 cm³/mol. The summed E-state index contributed by atoms with van der Waals surface area (Å²) in [6.45, 7) is 0.796. The Morgan fingerprint density at radius 3 is 2.56 bits per heavy atom. The van der Waals surface area contributed by atoms with Crippen molar-refractivity contribution in [2.24, 2.45) is 5.92 Å². The Labute approximate surface area is 158 Å². The Hall–Kier alpha value is -2.00. The first-order valence-electron chi connectivity index (χ1n) is 8.76. The second-order valence-corrected chi connectivity index (χ2v) is 8.90. The molecule has 1 heterocycles. The number of pyridine rings is 1. The minimum absolute atomic E-state index is 0.221. The molecule has 0 spiro atoms. The third-order valence-corrected chi connectivity index (χ3v) is 5.94. The third kappa shape index (κ3) is 5.04. The fraction of sp³-hybridized carbons (Fsp3) is 0.421. The quantitative estimate of drug-likeness (QED) is 0.638. The monoisotopic (exact) mass is 392 g/mol. The number of aliphatic hydroxyl groups is 2. The van der Waals surface area contributed by atoms with E-state index >= 15 is 0 Å². The van der Waals surface area contributed by atoms with E-state index in [-0.39, 0.29) is 23.5 Å². The number of nitrogens with one attached hydrogen (secondary N) is 1. The van der Waals surface area contributed by atoms with Gasteiger partial charge < -0.3 is 20.3 Å². The maximum atomic E-state index is 11.5. The lowest BCUT2D eigenvalue weighted by Crippen LogP contribution is -2.39. The van der Waals surface area contributed by atoms with Gasteiger partial charge in [0, 0.05) is 37.2 Å². The van der Waals surface area contributed by atoms with Gasteiger partial charge in [0.05, 0.1) is 23.7 Å². The number of aromatic nitrogens is 1. The lowest BCUT2D eigenvalue weighted by Gasteiger charge is -2.18. The van der Waals surface area contributed by atoms with Crippen molar-refractivity contribution >= 4 is 9.84 Å². The van der Waals surface area contributed by atoms with Gasteiger partial charge in [0.25, 0.3) is 0 Å². The van der Waals surface area contributed by atoms with Crippen LogP contribution < -0.4 is 10.1 Å². The molecule has 3 rings (SSSR count). The predicted octanol–water partition coefficient (Wildman–Crippen LogP) is 0.764. The molecule has 0 radical (unpaired) electrons. The van der Waals surface area contributed by atoms with Crippen LogP contribution in [0.4, 0.5) is 0 Å². The Morgan fingerprint density at radius 2 is 1.93 bits per heavy atom. The van der Waals surface area contributed by atoms with Crippen LogP contribution in [-0.2, 0) is 16.4 Å². The maximum absolute atomic E-state index is 11.5. The van der Waals surface area contributed by atoms with E-state index in [4.69, 9.17) is 4.74 Å². The Bertz CT molecular complexity index is 842. The molecule has 1 fully saturated rings. The molecule has 27 heavy (non-hydrogen) atoms. The molecule has 4 atom stereocenters. The second kappa shape index (κ2) is 8.35. The van der Waals surface area contributed by atoms with Crippen molar-refractivity contribution in [1.82, 2.24) is 10.3 Å². The minimum Gasteiger partial charge on any atom is -0.493 e. The van der Waals surface area contributed by atoms with Crippen LogP contribution in [0, 0.1) is 5.92 Å². The lowest BCUT2D eigenvalue weighted by atomic mass is 10.1. The fourth-order valence-electron chi connectivity index (χ4n) is 3.23. The molecule has 0 saturated heterocycles. The minimum atomic E-state index is -3.24. The Balaban J connectivity index is 1.53. The number of aliphatic hydroxyl groups excluding tert-OH is 2. The first kappa shape index (κ1) is 19.8. The van der Waals surface area contributed by atoms with Crippen molar-refractivity contribution in [1.29, 1.82) is 0 Å². The highest BCUT2D eigenvalue weighted by molar-refractivity contribution is 7.90. The van der Waals surface area contributed by atoms with Gasteiger partial charge in [0.2, 0.25) is 0 Å². The first-order valence-corrected chi connectivity index (χ1v) is 10.6. The largest absolute Gasteiger partial charge is 0.493 e. The molecule has 0 aliphatic heterocycles. The van der Waals surface area contributed by atoms with Gasteiger partial charge in [-0.15, -0.1) is 0 Å². The average molecular weight is 392 g/mol. The van der Waals surface area contributed by atoms with Crippen LogP contribution in [0.15, 0.2) is 53.7 Å². The van der Waals surface area contributed by atoms with Gasteiger partial charge in [-0.3, -0.25) is 4.98 Å². The Kier molecular flexibility index (Phi) is 6.11. The van der Waals surface area contributed by atoms with Gasteiger partial charge in [0.1, 0.15) is 5.75 Å². The standard InChI is InChI=1S/C19H24N2O5S/c1-27(24,25)16-6-4-15(5-7-16)26-12-14-9-17(19(23)18(14)22)21-11-13-3-2-8-20-10-13/h2-8,10,14,17-19,21-23H,9,11-12H2,1H3. The smallest absolute Gasteiger partial charge is 0.175 e. The molecule has 7 nitrogen and oxygen atoms in total. The van der Waals surface area contributed by atoms with E-state index in [1.165, 1.54) is 12.1 Å². The van der Waals surface area contributed by atoms with Crippen molar-refractivity contribution < 1.29 is 23.4 Å². The SMILES string of the molecule is CS(=O)(=O)c1ccc(OCC2CC(NCc3cccnc3)C(O)C2O)cc1. The van der Waals surface area contributed by atoms with Crippen LogP contribution in [0.25, 0.3) is 0 Å². The topological polar surface area (TPSA) is 109 Å². The molecule has 3 N–H and O–H groups in total. The van der Waals surface area contributed by atoms with Crippen LogP contribution in [0.3, 0.4) is 0 Å². The van der Waals surface area contributed by atoms with Gasteiger partial charge in [-0.1, -0.05) is 6.07 Å². The van der Waals surface area contributed by atoms with Gasteiger partial charge in [0.15, 0.2) is 9.84 Å². The van der Waals surface area contributed by atoms with E-state index in [1.807, 2.05) is 12.1 Å². The molecule has 0 amide bonds. The number of benzene rings is 1. The number of hydrogen-bond acceptors (Lipinski definition) is 7. The van der Waals surface area contributed by atoms with Crippen molar-refractivity contribution in [3.05, 3.63) is 54.4 Å². The lowest BCUT2D eigenvalue weighted by molar-refractivity contribution is 0.00206. The molecular weight excluding hydrogens is 368 g/mol. The summed E-state index contributed by atoms with van der Waals surface area (Å²) in [7, 11) is -3.24. The summed E-state index contributed by atoms with van der Waals surface area (Å²) in [4.78, 5) is 4.28. The van der Waals surface area contributed by atoms with E-state index in [1.54, 1.807) is 24.5 Å². The molecule has 1 aliphatic carbocycles. The van der Waals surface area contributed by atoms with Crippen molar-refractivity contribution in [2.45, 2.75) is 36.1 Å². The van der Waals surface area contributed by atoms with Gasteiger partial charge in [-0.2, -0.15) is 0 Å². The number of sulfone groups is 1. The Morgan fingerprint density at radius 1 is 1.19 bits per heavy atom. The highest BCUT2D eigenvalue weighted by atomic mass is 32.2. The summed E-state index contributed by atoms with van der Waals surface area (Å²) in [6, 6.07) is 9.72. The summed E-state index contributed by atoms with van der Waals surface area (Å²) < 4.78 is 28.6. The molecule has 8 heteroatoms. The summed E-state index contributed by atoms with van der Waals surface area (Å²) >= 11 is 0. The number of rotatable bonds is 7. The normalized spacial score (nSPS) is 25.4. The molecule has 1 aliphatic rings. The summed E-state index contributed by atoms with van der Waals surface area (Å²) in [5.74, 6) is 0.303. The van der Waals surface area contributed by atoms with Crippen LogP contribution in [0.5, 0.6) is 5.75 Å². The number of ether oxygens (including phenoxy) is 1. The zero-order valence-corrected chi connectivity index (χ0v) is 15.8. The van der Waals surface area contributed by atoms with E-state index in [9.17, 15) is 18.6 Å². The fourth-order valence-corrected chi connectivity index (χ4v) is 3.86. The zero-order valence-electron chi connectivity index (χ0n) is 15.0. The second-order valence-electron chi connectivity index (χ2n) is 6.88. The molecule has 1 aromatic carbocycles. The van der Waals surface area contributed by atoms with Crippen LogP contribution in [0.2, 0.25) is 0 Å². The third-order valence-electron chi connectivity index (χ3n) is 4.81. The first-order chi connectivity index (χ1) is 12.8. The number of nitrogens with zero attached hydrogens (tertiary/aromatic N) is 1. The van der Waals surface area contributed by atoms with Crippen LogP contribution >= 0.6 is 0 Å². The van der Waals surface area contributed by atoms with E-state index in [0.29, 0.717) is 18.7 Å². The molecule has 2 aromatic rings. The van der Waals surface area contributed by atoms with Crippen LogP contribution in [-0.4, -0.2) is 54.7 Å². The molecule has 0 bridgehead atoms. The van der Waals surface area contributed by atoms with E-state index < -0.39 is 22.0 Å². The highest BCUT2D eigenvalue weighted by Crippen LogP contribution is 2.28. The maximum Gasteiger partial charge on any atom is 0.175 e. The molecular formula is C19H24N2O5S. The van der Waals surface area contributed by atoms with Gasteiger partial charge in [-0.25, -0.2) is 8.42 Å². The van der Waals surface area contributed by atoms with Crippen molar-refractivity contribution in [2.75, 3.05) is 12.9 Å². The van der Waals surface area contributed by atoms with E-state index in [2.05, 4.69) is 10.3 Å². The number of hydrogen-bond donors (Lipinski definition) is 3. The van der Waals surface area contributed by atoms with Crippen molar-refractivity contribution in [3.63, 3.8) is 0 Å².